The molecule has 1 aliphatic rings. The largest absolute Gasteiger partial charge is 0.397 e. The molecule has 14 heavy (non-hydrogen) atoms. The van der Waals surface area contributed by atoms with Gasteiger partial charge in [-0.25, -0.2) is 0 Å². The second-order valence-corrected chi connectivity index (χ2v) is 4.99. The lowest BCUT2D eigenvalue weighted by Crippen LogP contribution is -2.50. The SMILES string of the molecule is CC1(NC(=O)c2sccc2N)CCC1. The van der Waals surface area contributed by atoms with Gasteiger partial charge in [0.1, 0.15) is 4.88 Å². The molecule has 0 bridgehead atoms. The monoisotopic (exact) mass is 210 g/mol. The van der Waals surface area contributed by atoms with Crippen LogP contribution >= 0.6 is 11.3 Å². The van der Waals surface area contributed by atoms with Crippen molar-refractivity contribution in [2.45, 2.75) is 31.7 Å². The maximum absolute atomic E-state index is 11.8. The topological polar surface area (TPSA) is 55.1 Å². The van der Waals surface area contributed by atoms with E-state index in [2.05, 4.69) is 12.2 Å². The molecule has 0 saturated heterocycles. The zero-order chi connectivity index (χ0) is 10.2. The van der Waals surface area contributed by atoms with Crippen molar-refractivity contribution < 1.29 is 4.79 Å². The van der Waals surface area contributed by atoms with Crippen LogP contribution in [0, 0.1) is 0 Å². The van der Waals surface area contributed by atoms with Crippen molar-refractivity contribution >= 4 is 22.9 Å². The Hall–Kier alpha value is -1.03. The van der Waals surface area contributed by atoms with E-state index in [1.807, 2.05) is 5.38 Å². The molecule has 0 radical (unpaired) electrons. The molecule has 1 fully saturated rings. The average Bonchev–Trinajstić information content (AvgIpc) is 2.48. The number of nitrogens with one attached hydrogen (secondary N) is 1. The van der Waals surface area contributed by atoms with Gasteiger partial charge in [0.2, 0.25) is 0 Å². The van der Waals surface area contributed by atoms with Crippen LogP contribution in [-0.4, -0.2) is 11.4 Å². The van der Waals surface area contributed by atoms with Gasteiger partial charge in [-0.1, -0.05) is 0 Å². The zero-order valence-electron chi connectivity index (χ0n) is 8.17. The zero-order valence-corrected chi connectivity index (χ0v) is 8.99. The van der Waals surface area contributed by atoms with E-state index >= 15 is 0 Å². The molecule has 1 saturated carbocycles. The van der Waals surface area contributed by atoms with Crippen molar-refractivity contribution in [3.63, 3.8) is 0 Å². The van der Waals surface area contributed by atoms with Crippen LogP contribution in [0.1, 0.15) is 35.9 Å². The smallest absolute Gasteiger partial charge is 0.263 e. The van der Waals surface area contributed by atoms with Gasteiger partial charge in [-0.05, 0) is 37.6 Å². The van der Waals surface area contributed by atoms with Gasteiger partial charge >= 0.3 is 0 Å². The third kappa shape index (κ3) is 1.62. The Labute approximate surface area is 87.3 Å². The van der Waals surface area contributed by atoms with Gasteiger partial charge in [0.25, 0.3) is 5.91 Å². The number of nitrogens with two attached hydrogens (primary N) is 1. The minimum absolute atomic E-state index is 0.00745. The summed E-state index contributed by atoms with van der Waals surface area (Å²) in [5.41, 5.74) is 6.26. The normalized spacial score (nSPS) is 18.6. The van der Waals surface area contributed by atoms with Crippen molar-refractivity contribution in [1.82, 2.24) is 5.32 Å². The molecule has 0 unspecified atom stereocenters. The Balaban J connectivity index is 2.06. The number of carbonyl (C=O) groups excluding carboxylic acids is 1. The molecule has 3 N–H and O–H groups in total. The van der Waals surface area contributed by atoms with Crippen molar-refractivity contribution in [2.24, 2.45) is 0 Å². The summed E-state index contributed by atoms with van der Waals surface area (Å²) in [6, 6.07) is 1.77. The van der Waals surface area contributed by atoms with E-state index < -0.39 is 0 Å². The van der Waals surface area contributed by atoms with E-state index in [0.29, 0.717) is 10.6 Å². The predicted octanol–water partition coefficient (Wildman–Crippen LogP) is 2.00. The van der Waals surface area contributed by atoms with Crippen LogP contribution in [-0.2, 0) is 0 Å². The lowest BCUT2D eigenvalue weighted by Gasteiger charge is -2.39. The van der Waals surface area contributed by atoms with E-state index in [1.165, 1.54) is 17.8 Å². The van der Waals surface area contributed by atoms with E-state index in [-0.39, 0.29) is 11.4 Å². The van der Waals surface area contributed by atoms with E-state index in [4.69, 9.17) is 5.73 Å². The summed E-state index contributed by atoms with van der Waals surface area (Å²) in [5, 5.41) is 4.87. The number of nitrogen functional groups attached to an aromatic ring is 1. The lowest BCUT2D eigenvalue weighted by molar-refractivity contribution is 0.0855. The summed E-state index contributed by atoms with van der Waals surface area (Å²) in [5.74, 6) is -0.0281. The number of thiophene rings is 1. The van der Waals surface area contributed by atoms with E-state index in [0.717, 1.165) is 12.8 Å². The highest BCUT2D eigenvalue weighted by Crippen LogP contribution is 2.32. The first kappa shape index (κ1) is 9.52. The van der Waals surface area contributed by atoms with Crippen LogP contribution in [0.4, 0.5) is 5.69 Å². The summed E-state index contributed by atoms with van der Waals surface area (Å²) in [6.45, 7) is 2.08. The van der Waals surface area contributed by atoms with Crippen molar-refractivity contribution in [2.75, 3.05) is 5.73 Å². The number of hydrogen-bond donors (Lipinski definition) is 2. The molecule has 76 valence electrons. The Morgan fingerprint density at radius 1 is 1.64 bits per heavy atom. The average molecular weight is 210 g/mol. The van der Waals surface area contributed by atoms with Gasteiger partial charge in [-0.15, -0.1) is 11.3 Å². The highest BCUT2D eigenvalue weighted by molar-refractivity contribution is 7.12. The predicted molar refractivity (Wildman–Crippen MR) is 58.5 cm³/mol. The highest BCUT2D eigenvalue weighted by Gasteiger charge is 2.33. The van der Waals surface area contributed by atoms with Crippen LogP contribution in [0.5, 0.6) is 0 Å². The van der Waals surface area contributed by atoms with Crippen molar-refractivity contribution in [3.8, 4) is 0 Å². The number of carbonyl (C=O) groups is 1. The van der Waals surface area contributed by atoms with Crippen molar-refractivity contribution in [1.29, 1.82) is 0 Å². The van der Waals surface area contributed by atoms with Gasteiger partial charge in [0.05, 0.1) is 5.69 Å². The third-order valence-electron chi connectivity index (χ3n) is 2.77. The molecule has 1 aliphatic carbocycles. The Morgan fingerprint density at radius 2 is 2.36 bits per heavy atom. The molecule has 1 amide bonds. The first-order valence-corrected chi connectivity index (χ1v) is 5.64. The van der Waals surface area contributed by atoms with Crippen LogP contribution in [0.15, 0.2) is 11.4 Å². The van der Waals surface area contributed by atoms with Crippen LogP contribution in [0.25, 0.3) is 0 Å². The fourth-order valence-corrected chi connectivity index (χ4v) is 2.38. The van der Waals surface area contributed by atoms with Gasteiger partial charge in [-0.2, -0.15) is 0 Å². The summed E-state index contributed by atoms with van der Waals surface area (Å²) >= 11 is 1.40. The summed E-state index contributed by atoms with van der Waals surface area (Å²) < 4.78 is 0. The first-order chi connectivity index (χ1) is 6.61. The minimum Gasteiger partial charge on any atom is -0.397 e. The second kappa shape index (κ2) is 3.28. The van der Waals surface area contributed by atoms with Crippen molar-refractivity contribution in [3.05, 3.63) is 16.3 Å². The van der Waals surface area contributed by atoms with Gasteiger partial charge in [0, 0.05) is 5.54 Å². The molecule has 1 aromatic heterocycles. The standard InChI is InChI=1S/C10H14N2OS/c1-10(4-2-5-10)12-9(13)8-7(11)3-6-14-8/h3,6H,2,4-5,11H2,1H3,(H,12,13). The molecular formula is C10H14N2OS. The van der Waals surface area contributed by atoms with Gasteiger partial charge in [0.15, 0.2) is 0 Å². The maximum Gasteiger partial charge on any atom is 0.263 e. The molecule has 0 aliphatic heterocycles. The van der Waals surface area contributed by atoms with Crippen LogP contribution < -0.4 is 11.1 Å². The molecule has 0 spiro atoms. The summed E-state index contributed by atoms with van der Waals surface area (Å²) in [7, 11) is 0. The fraction of sp³-hybridized carbons (Fsp3) is 0.500. The Bertz CT molecular complexity index is 355. The molecule has 3 nitrogen and oxygen atoms in total. The lowest BCUT2D eigenvalue weighted by atomic mass is 9.78. The molecular weight excluding hydrogens is 196 g/mol. The van der Waals surface area contributed by atoms with Gasteiger partial charge in [-0.3, -0.25) is 4.79 Å². The number of anilines is 1. The molecule has 2 rings (SSSR count). The third-order valence-corrected chi connectivity index (χ3v) is 3.70. The Morgan fingerprint density at radius 3 is 2.79 bits per heavy atom. The van der Waals surface area contributed by atoms with Gasteiger partial charge < -0.3 is 11.1 Å². The van der Waals surface area contributed by atoms with Crippen LogP contribution in [0.2, 0.25) is 0 Å². The number of hydrogen-bond acceptors (Lipinski definition) is 3. The minimum atomic E-state index is -0.0281. The van der Waals surface area contributed by atoms with E-state index in [9.17, 15) is 4.79 Å². The highest BCUT2D eigenvalue weighted by atomic mass is 32.1. The maximum atomic E-state index is 11.8. The molecule has 0 atom stereocenters. The van der Waals surface area contributed by atoms with Crippen LogP contribution in [0.3, 0.4) is 0 Å². The molecule has 4 heteroatoms. The second-order valence-electron chi connectivity index (χ2n) is 4.07. The fourth-order valence-electron chi connectivity index (χ4n) is 1.67. The molecule has 1 heterocycles. The molecule has 1 aromatic rings. The number of rotatable bonds is 2. The molecule has 0 aromatic carbocycles. The number of amides is 1. The summed E-state index contributed by atoms with van der Waals surface area (Å²) in [4.78, 5) is 12.4. The summed E-state index contributed by atoms with van der Waals surface area (Å²) in [6.07, 6.45) is 3.35. The Kier molecular flexibility index (Phi) is 2.23. The first-order valence-electron chi connectivity index (χ1n) is 4.76. The quantitative estimate of drug-likeness (QED) is 0.784. The van der Waals surface area contributed by atoms with E-state index in [1.54, 1.807) is 6.07 Å².